The summed E-state index contributed by atoms with van der Waals surface area (Å²) in [5, 5.41) is 15.6. The van der Waals surface area contributed by atoms with E-state index in [1.54, 1.807) is 0 Å². The summed E-state index contributed by atoms with van der Waals surface area (Å²) in [5.74, 6) is 0.560. The minimum atomic E-state index is -4.81. The molecule has 9 nitrogen and oxygen atoms in total. The summed E-state index contributed by atoms with van der Waals surface area (Å²) >= 11 is 0.891. The Morgan fingerprint density at radius 1 is 1.28 bits per heavy atom. The second-order valence-electron chi connectivity index (χ2n) is 9.25. The first-order chi connectivity index (χ1) is 17.1. The summed E-state index contributed by atoms with van der Waals surface area (Å²) in [7, 11) is 0. The third kappa shape index (κ3) is 5.77. The molecule has 2 fully saturated rings. The van der Waals surface area contributed by atoms with Crippen LogP contribution in [0.3, 0.4) is 0 Å². The Morgan fingerprint density at radius 2 is 2.00 bits per heavy atom. The van der Waals surface area contributed by atoms with Gasteiger partial charge >= 0.3 is 6.18 Å². The number of aromatic nitrogens is 1. The smallest absolute Gasteiger partial charge is 0.396 e. The number of non-ortho nitro benzene ring substituents is 1. The van der Waals surface area contributed by atoms with Gasteiger partial charge in [0.15, 0.2) is 5.13 Å². The average molecular weight is 528 g/mol. The molecule has 13 heteroatoms. The molecule has 2 aromatic rings. The molecule has 0 amide bonds. The maximum Gasteiger partial charge on any atom is 0.416 e. The Kier molecular flexibility index (Phi) is 7.79. The number of nitrogens with zero attached hydrogens (tertiary/aromatic N) is 5. The zero-order valence-electron chi connectivity index (χ0n) is 20.1. The number of anilines is 1. The highest BCUT2D eigenvalue weighted by molar-refractivity contribution is 7.22. The van der Waals surface area contributed by atoms with Gasteiger partial charge in [0.2, 0.25) is 0 Å². The predicted octanol–water partition coefficient (Wildman–Crippen LogP) is 4.68. The molecule has 0 unspecified atom stereocenters. The van der Waals surface area contributed by atoms with Gasteiger partial charge in [-0.15, -0.1) is 0 Å². The number of fused-ring (bicyclic) bond motifs is 1. The van der Waals surface area contributed by atoms with Gasteiger partial charge in [0.1, 0.15) is 11.3 Å². The third-order valence-corrected chi connectivity index (χ3v) is 7.83. The number of benzene rings is 1. The molecular formula is C23H28F3N5O4S. The Labute approximate surface area is 209 Å². The van der Waals surface area contributed by atoms with Crippen molar-refractivity contribution in [3.63, 3.8) is 0 Å². The van der Waals surface area contributed by atoms with Crippen LogP contribution in [0.5, 0.6) is 0 Å². The van der Waals surface area contributed by atoms with E-state index in [-0.39, 0.29) is 21.3 Å². The van der Waals surface area contributed by atoms with E-state index >= 15 is 0 Å². The summed E-state index contributed by atoms with van der Waals surface area (Å²) in [6.45, 7) is 7.44. The zero-order valence-corrected chi connectivity index (χ0v) is 20.9. The molecule has 1 saturated carbocycles. The number of piperazine rings is 1. The van der Waals surface area contributed by atoms with Crippen molar-refractivity contribution >= 4 is 38.0 Å². The van der Waals surface area contributed by atoms with E-state index in [4.69, 9.17) is 4.84 Å². The van der Waals surface area contributed by atoms with E-state index < -0.39 is 27.9 Å². The molecule has 1 aliphatic heterocycles. The lowest BCUT2D eigenvalue weighted by Gasteiger charge is -2.41. The van der Waals surface area contributed by atoms with E-state index in [2.05, 4.69) is 15.0 Å². The number of nitro groups is 1. The number of alkyl halides is 3. The molecule has 1 aliphatic carbocycles. The Morgan fingerprint density at radius 3 is 2.61 bits per heavy atom. The van der Waals surface area contributed by atoms with E-state index in [0.29, 0.717) is 31.2 Å². The van der Waals surface area contributed by atoms with Crippen LogP contribution < -0.4 is 10.5 Å². The van der Waals surface area contributed by atoms with Gasteiger partial charge in [-0.2, -0.15) is 18.2 Å². The van der Waals surface area contributed by atoms with Gasteiger partial charge in [0.25, 0.3) is 11.2 Å². The quantitative estimate of drug-likeness (QED) is 0.397. The molecule has 36 heavy (non-hydrogen) atoms. The van der Waals surface area contributed by atoms with Crippen molar-refractivity contribution in [2.45, 2.75) is 51.7 Å². The maximum absolute atomic E-state index is 13.2. The van der Waals surface area contributed by atoms with Crippen molar-refractivity contribution in [1.82, 2.24) is 9.88 Å². The number of rotatable bonds is 6. The SMILES string of the molecule is CCON=C1CCC(CN2CCN(c3nc(=O)c4cc(C(F)(F)F)cc([N+](=O)[O-])c4s3)[C@H](C)C2)CC1. The first-order valence-electron chi connectivity index (χ1n) is 11.9. The van der Waals surface area contributed by atoms with Crippen LogP contribution in [-0.2, 0) is 11.0 Å². The van der Waals surface area contributed by atoms with Crippen LogP contribution in [0.1, 0.15) is 45.1 Å². The van der Waals surface area contributed by atoms with Crippen molar-refractivity contribution < 1.29 is 22.9 Å². The molecule has 196 valence electrons. The Balaban J connectivity index is 1.49. The minimum absolute atomic E-state index is 0.0217. The van der Waals surface area contributed by atoms with Crippen molar-refractivity contribution in [2.75, 3.05) is 37.7 Å². The molecule has 4 rings (SSSR count). The molecular weight excluding hydrogens is 499 g/mol. The fourth-order valence-electron chi connectivity index (χ4n) is 4.85. The number of hydrogen-bond donors (Lipinski definition) is 0. The highest BCUT2D eigenvalue weighted by Crippen LogP contribution is 2.38. The van der Waals surface area contributed by atoms with Gasteiger partial charge in [0.05, 0.1) is 21.6 Å². The van der Waals surface area contributed by atoms with Crippen LogP contribution in [0.2, 0.25) is 0 Å². The van der Waals surface area contributed by atoms with Gasteiger partial charge in [-0.25, -0.2) is 0 Å². The minimum Gasteiger partial charge on any atom is -0.396 e. The van der Waals surface area contributed by atoms with E-state index in [0.717, 1.165) is 62.4 Å². The standard InChI is InChI=1S/C23H28F3N5O4S/c1-3-35-28-17-6-4-15(5-7-17)13-29-8-9-30(14(2)12-29)22-27-21(32)18-10-16(23(24,25)26)11-19(31(33)34)20(18)36-22/h10-11,14-15H,3-9,12-13H2,1-2H3/t14-,15?/m1/s1. The van der Waals surface area contributed by atoms with Gasteiger partial charge in [-0.05, 0) is 51.5 Å². The molecule has 1 aromatic carbocycles. The summed E-state index contributed by atoms with van der Waals surface area (Å²) in [6, 6.07) is 1.11. The summed E-state index contributed by atoms with van der Waals surface area (Å²) < 4.78 is 39.6. The molecule has 0 bridgehead atoms. The van der Waals surface area contributed by atoms with Crippen molar-refractivity contribution in [1.29, 1.82) is 0 Å². The fraction of sp³-hybridized carbons (Fsp3) is 0.609. The second kappa shape index (κ2) is 10.7. The number of hydrogen-bond acceptors (Lipinski definition) is 9. The zero-order chi connectivity index (χ0) is 26.0. The van der Waals surface area contributed by atoms with Gasteiger partial charge in [0, 0.05) is 38.3 Å². The average Bonchev–Trinajstić information content (AvgIpc) is 2.82. The van der Waals surface area contributed by atoms with Crippen LogP contribution in [0, 0.1) is 16.0 Å². The molecule has 1 saturated heterocycles. The van der Waals surface area contributed by atoms with Crippen molar-refractivity contribution in [2.24, 2.45) is 11.1 Å². The van der Waals surface area contributed by atoms with Gasteiger partial charge in [-0.3, -0.25) is 19.8 Å². The van der Waals surface area contributed by atoms with E-state index in [1.807, 2.05) is 18.7 Å². The Bertz CT molecular complexity index is 1210. The molecule has 2 aliphatic rings. The lowest BCUT2D eigenvalue weighted by atomic mass is 9.87. The van der Waals surface area contributed by atoms with Gasteiger partial charge < -0.3 is 9.74 Å². The first-order valence-corrected chi connectivity index (χ1v) is 12.8. The topological polar surface area (TPSA) is 101 Å². The van der Waals surface area contributed by atoms with Crippen molar-refractivity contribution in [3.8, 4) is 0 Å². The van der Waals surface area contributed by atoms with Crippen LogP contribution in [0.25, 0.3) is 10.1 Å². The number of halogens is 3. The normalized spacial score (nSPS) is 21.6. The predicted molar refractivity (Wildman–Crippen MR) is 132 cm³/mol. The summed E-state index contributed by atoms with van der Waals surface area (Å²) in [5.41, 5.74) is -1.75. The maximum atomic E-state index is 13.2. The van der Waals surface area contributed by atoms with Crippen LogP contribution in [-0.4, -0.2) is 59.3 Å². The van der Waals surface area contributed by atoms with Crippen LogP contribution in [0.15, 0.2) is 22.1 Å². The van der Waals surface area contributed by atoms with E-state index in [1.165, 1.54) is 0 Å². The molecule has 1 atom stereocenters. The molecule has 0 N–H and O–H groups in total. The lowest BCUT2D eigenvalue weighted by Crippen LogP contribution is -2.53. The van der Waals surface area contributed by atoms with Gasteiger partial charge in [-0.1, -0.05) is 16.5 Å². The molecule has 2 heterocycles. The van der Waals surface area contributed by atoms with Crippen LogP contribution >= 0.6 is 11.3 Å². The number of oxime groups is 1. The highest BCUT2D eigenvalue weighted by Gasteiger charge is 2.35. The molecule has 0 spiro atoms. The second-order valence-corrected chi connectivity index (χ2v) is 10.2. The van der Waals surface area contributed by atoms with Crippen molar-refractivity contribution in [3.05, 3.63) is 38.2 Å². The van der Waals surface area contributed by atoms with E-state index in [9.17, 15) is 28.1 Å². The number of nitro benzene ring substituents is 1. The summed E-state index contributed by atoms with van der Waals surface area (Å²) in [4.78, 5) is 36.8. The Hall–Kier alpha value is -2.80. The third-order valence-electron chi connectivity index (χ3n) is 6.69. The molecule has 1 aromatic heterocycles. The van der Waals surface area contributed by atoms with Crippen LogP contribution in [0.4, 0.5) is 24.0 Å². The summed E-state index contributed by atoms with van der Waals surface area (Å²) in [6.07, 6.45) is -0.834. The first kappa shape index (κ1) is 26.3. The largest absolute Gasteiger partial charge is 0.416 e. The molecule has 0 radical (unpaired) electrons. The highest BCUT2D eigenvalue weighted by atomic mass is 32.1. The lowest BCUT2D eigenvalue weighted by molar-refractivity contribution is -0.383. The fourth-order valence-corrected chi connectivity index (χ4v) is 6.05. The monoisotopic (exact) mass is 527 g/mol.